The third-order valence-corrected chi connectivity index (χ3v) is 2.58. The van der Waals surface area contributed by atoms with Gasteiger partial charge in [-0.3, -0.25) is 14.4 Å². The minimum absolute atomic E-state index is 0.295. The van der Waals surface area contributed by atoms with Gasteiger partial charge in [-0.15, -0.1) is 0 Å². The Balaban J connectivity index is 2.15. The summed E-state index contributed by atoms with van der Waals surface area (Å²) in [6.45, 7) is 3.00. The van der Waals surface area contributed by atoms with E-state index < -0.39 is 5.54 Å². The Morgan fingerprint density at radius 2 is 2.23 bits per heavy atom. The molecular formula is C9H12NO3. The van der Waals surface area contributed by atoms with Gasteiger partial charge in [0.15, 0.2) is 5.54 Å². The van der Waals surface area contributed by atoms with E-state index in [1.807, 2.05) is 13.3 Å². The number of carbonyl (C=O) groups excluding carboxylic acids is 2. The van der Waals surface area contributed by atoms with E-state index in [4.69, 9.17) is 4.84 Å². The van der Waals surface area contributed by atoms with E-state index in [-0.39, 0.29) is 11.6 Å². The molecule has 4 heteroatoms. The third-order valence-electron chi connectivity index (χ3n) is 2.58. The first-order chi connectivity index (χ1) is 6.23. The van der Waals surface area contributed by atoms with Gasteiger partial charge < -0.3 is 0 Å². The van der Waals surface area contributed by atoms with Crippen molar-refractivity contribution in [2.24, 2.45) is 0 Å². The molecule has 1 heterocycles. The molecule has 2 aliphatic rings. The van der Waals surface area contributed by atoms with Gasteiger partial charge in [-0.05, 0) is 26.2 Å². The number of hydroxylamine groups is 2. The molecule has 71 valence electrons. The molecule has 4 nitrogen and oxygen atoms in total. The van der Waals surface area contributed by atoms with Gasteiger partial charge in [0.2, 0.25) is 11.6 Å². The lowest BCUT2D eigenvalue weighted by molar-refractivity contribution is -0.198. The van der Waals surface area contributed by atoms with Crippen molar-refractivity contribution in [1.29, 1.82) is 0 Å². The Morgan fingerprint density at radius 1 is 1.54 bits per heavy atom. The predicted octanol–water partition coefficient (Wildman–Crippen LogP) is 0.129. The average Bonchev–Trinajstić information content (AvgIpc) is 2.64. The molecule has 0 unspecified atom stereocenters. The highest BCUT2D eigenvalue weighted by atomic mass is 16.7. The summed E-state index contributed by atoms with van der Waals surface area (Å²) in [5.41, 5.74) is -0.908. The molecule has 1 saturated carbocycles. The summed E-state index contributed by atoms with van der Waals surface area (Å²) >= 11 is 0. The highest BCUT2D eigenvalue weighted by molar-refractivity contribution is 6.66. The van der Waals surface area contributed by atoms with E-state index in [0.717, 1.165) is 6.42 Å². The maximum absolute atomic E-state index is 11.2. The largest absolute Gasteiger partial charge is 0.298 e. The van der Waals surface area contributed by atoms with Gasteiger partial charge in [0.25, 0.3) is 0 Å². The van der Waals surface area contributed by atoms with Crippen LogP contribution < -0.4 is 0 Å². The third kappa shape index (κ3) is 1.05. The molecule has 2 rings (SSSR count). The molecular weight excluding hydrogens is 170 g/mol. The molecule has 1 aliphatic carbocycles. The highest BCUT2D eigenvalue weighted by Gasteiger charge is 2.70. The summed E-state index contributed by atoms with van der Waals surface area (Å²) in [7, 11) is 0. The maximum Gasteiger partial charge on any atom is 0.231 e. The monoisotopic (exact) mass is 182 g/mol. The lowest BCUT2D eigenvalue weighted by Crippen LogP contribution is -2.44. The average molecular weight is 182 g/mol. The molecule has 0 aromatic carbocycles. The van der Waals surface area contributed by atoms with Crippen LogP contribution in [0.1, 0.15) is 19.8 Å². The predicted molar refractivity (Wildman–Crippen MR) is 44.6 cm³/mol. The van der Waals surface area contributed by atoms with Crippen molar-refractivity contribution < 1.29 is 14.4 Å². The molecule has 0 bridgehead atoms. The topological polar surface area (TPSA) is 46.6 Å². The van der Waals surface area contributed by atoms with Crippen LogP contribution in [0.25, 0.3) is 0 Å². The van der Waals surface area contributed by atoms with Crippen molar-refractivity contribution in [1.82, 2.24) is 5.06 Å². The fourth-order valence-corrected chi connectivity index (χ4v) is 1.82. The minimum atomic E-state index is -0.908. The zero-order valence-corrected chi connectivity index (χ0v) is 7.58. The van der Waals surface area contributed by atoms with Gasteiger partial charge in [0.1, 0.15) is 0 Å². The second-order valence-electron chi connectivity index (χ2n) is 3.32. The highest BCUT2D eigenvalue weighted by Crippen LogP contribution is 2.40. The second kappa shape index (κ2) is 2.89. The van der Waals surface area contributed by atoms with Gasteiger partial charge >= 0.3 is 0 Å². The number of hydrogen-bond donors (Lipinski definition) is 0. The lowest BCUT2D eigenvalue weighted by Gasteiger charge is -2.31. The summed E-state index contributed by atoms with van der Waals surface area (Å²) in [6.07, 6.45) is 3.38. The Morgan fingerprint density at radius 3 is 2.77 bits per heavy atom. The van der Waals surface area contributed by atoms with Crippen molar-refractivity contribution in [3.63, 3.8) is 0 Å². The number of hydrogen-bond acceptors (Lipinski definition) is 4. The summed E-state index contributed by atoms with van der Waals surface area (Å²) in [5.74, 6) is -0.589. The number of rotatable bonds is 2. The Labute approximate surface area is 76.8 Å². The number of Topliss-reactive ketones (excluding diaryl/α,β-unsaturated/α-hetero) is 2. The molecule has 0 N–H and O–H groups in total. The molecule has 1 saturated heterocycles. The molecule has 0 atom stereocenters. The van der Waals surface area contributed by atoms with Crippen molar-refractivity contribution in [3.05, 3.63) is 6.42 Å². The molecule has 1 spiro atoms. The van der Waals surface area contributed by atoms with Crippen molar-refractivity contribution in [3.8, 4) is 0 Å². The van der Waals surface area contributed by atoms with Crippen LogP contribution >= 0.6 is 0 Å². The van der Waals surface area contributed by atoms with Gasteiger partial charge in [0.05, 0.1) is 6.61 Å². The van der Waals surface area contributed by atoms with Crippen LogP contribution in [0, 0.1) is 6.42 Å². The molecule has 2 fully saturated rings. The fourth-order valence-electron chi connectivity index (χ4n) is 1.82. The molecule has 1 aliphatic heterocycles. The van der Waals surface area contributed by atoms with Gasteiger partial charge in [-0.2, -0.15) is 5.06 Å². The zero-order valence-electron chi connectivity index (χ0n) is 7.58. The molecule has 1 radical (unpaired) electrons. The smallest absolute Gasteiger partial charge is 0.231 e. The van der Waals surface area contributed by atoms with Crippen LogP contribution in [0.3, 0.4) is 0 Å². The van der Waals surface area contributed by atoms with Crippen LogP contribution in [0.15, 0.2) is 0 Å². The Hall–Kier alpha value is -0.740. The first-order valence-electron chi connectivity index (χ1n) is 4.55. The lowest BCUT2D eigenvalue weighted by atomic mass is 10.0. The van der Waals surface area contributed by atoms with Gasteiger partial charge in [-0.25, -0.2) is 0 Å². The van der Waals surface area contributed by atoms with Crippen LogP contribution in [0.2, 0.25) is 0 Å². The molecule has 0 aromatic rings. The zero-order chi connectivity index (χ0) is 9.47. The van der Waals surface area contributed by atoms with E-state index in [0.29, 0.717) is 19.6 Å². The van der Waals surface area contributed by atoms with E-state index in [1.165, 1.54) is 0 Å². The summed E-state index contributed by atoms with van der Waals surface area (Å²) in [4.78, 5) is 27.7. The Kier molecular flexibility index (Phi) is 1.96. The number of carbonyl (C=O) groups is 2. The first-order valence-corrected chi connectivity index (χ1v) is 4.55. The van der Waals surface area contributed by atoms with Gasteiger partial charge in [-0.1, -0.05) is 0 Å². The van der Waals surface area contributed by atoms with Gasteiger partial charge in [0, 0.05) is 6.54 Å². The van der Waals surface area contributed by atoms with Crippen LogP contribution in [-0.2, 0) is 14.4 Å². The van der Waals surface area contributed by atoms with E-state index in [9.17, 15) is 9.59 Å². The standard InChI is InChI=1S/C9H12NO3/c1-2-13-10-6-4-3-5-9(10)7(11)8(9)12/h3H,2,4-6H2,1H3. The number of piperidine rings is 1. The summed E-state index contributed by atoms with van der Waals surface area (Å²) in [6, 6.07) is 0. The molecule has 0 aromatic heterocycles. The maximum atomic E-state index is 11.2. The van der Waals surface area contributed by atoms with Crippen molar-refractivity contribution >= 4 is 11.6 Å². The SMILES string of the molecule is CCON1CC[CH]CC12C(=O)C2=O. The quantitative estimate of drug-likeness (QED) is 0.450. The van der Waals surface area contributed by atoms with Crippen molar-refractivity contribution in [2.45, 2.75) is 25.3 Å². The summed E-state index contributed by atoms with van der Waals surface area (Å²) < 4.78 is 0. The van der Waals surface area contributed by atoms with E-state index in [2.05, 4.69) is 0 Å². The molecule has 0 amide bonds. The number of nitrogens with zero attached hydrogens (tertiary/aromatic N) is 1. The number of ketones is 2. The second-order valence-corrected chi connectivity index (χ2v) is 3.32. The van der Waals surface area contributed by atoms with E-state index >= 15 is 0 Å². The molecule has 13 heavy (non-hydrogen) atoms. The summed E-state index contributed by atoms with van der Waals surface area (Å²) in [5, 5.41) is 1.55. The fraction of sp³-hybridized carbons (Fsp3) is 0.667. The minimum Gasteiger partial charge on any atom is -0.298 e. The first kappa shape index (κ1) is 8.84. The van der Waals surface area contributed by atoms with Crippen LogP contribution in [-0.4, -0.2) is 35.3 Å². The van der Waals surface area contributed by atoms with E-state index in [1.54, 1.807) is 5.06 Å². The van der Waals surface area contributed by atoms with Crippen LogP contribution in [0.4, 0.5) is 0 Å². The normalized spacial score (nSPS) is 26.8. The van der Waals surface area contributed by atoms with Crippen LogP contribution in [0.5, 0.6) is 0 Å². The Bertz CT molecular complexity index is 246. The van der Waals surface area contributed by atoms with Crippen molar-refractivity contribution in [2.75, 3.05) is 13.2 Å².